The van der Waals surface area contributed by atoms with Crippen LogP contribution >= 0.6 is 31.9 Å². The summed E-state index contributed by atoms with van der Waals surface area (Å²) in [6.07, 6.45) is 0.725. The van der Waals surface area contributed by atoms with Crippen molar-refractivity contribution in [2.45, 2.75) is 12.3 Å². The third kappa shape index (κ3) is 2.47. The maximum atomic E-state index is 12.2. The number of fused-ring (bicyclic) bond motifs is 1. The topological polar surface area (TPSA) is 29.1 Å². The second kappa shape index (κ2) is 5.10. The molecule has 1 aliphatic heterocycles. The minimum absolute atomic E-state index is 0.0673. The van der Waals surface area contributed by atoms with E-state index in [0.29, 0.717) is 0 Å². The van der Waals surface area contributed by atoms with Crippen LogP contribution in [-0.2, 0) is 11.2 Å². The van der Waals surface area contributed by atoms with Crippen LogP contribution in [0.1, 0.15) is 17.0 Å². The van der Waals surface area contributed by atoms with Crippen LogP contribution in [0.5, 0.6) is 0 Å². The molecule has 0 unspecified atom stereocenters. The first-order valence-corrected chi connectivity index (χ1v) is 7.57. The molecule has 1 aliphatic rings. The summed E-state index contributed by atoms with van der Waals surface area (Å²) in [6.45, 7) is 0. The summed E-state index contributed by atoms with van der Waals surface area (Å²) < 4.78 is 1.90. The highest BCUT2D eigenvalue weighted by atomic mass is 79.9. The van der Waals surface area contributed by atoms with Gasteiger partial charge in [0.15, 0.2) is 0 Å². The van der Waals surface area contributed by atoms with Crippen LogP contribution in [0.2, 0.25) is 0 Å². The summed E-state index contributed by atoms with van der Waals surface area (Å²) in [4.78, 5) is 12.2. The lowest BCUT2D eigenvalue weighted by molar-refractivity contribution is -0.117. The molecule has 0 spiro atoms. The van der Waals surface area contributed by atoms with Crippen molar-refractivity contribution < 1.29 is 4.79 Å². The summed E-state index contributed by atoms with van der Waals surface area (Å²) in [6, 6.07) is 14.1. The molecule has 0 fully saturated rings. The van der Waals surface area contributed by atoms with Crippen molar-refractivity contribution in [1.82, 2.24) is 0 Å². The molecule has 0 radical (unpaired) electrons. The zero-order valence-corrected chi connectivity index (χ0v) is 13.2. The first kappa shape index (κ1) is 12.9. The van der Waals surface area contributed by atoms with E-state index in [0.717, 1.165) is 26.6 Å². The molecule has 96 valence electrons. The van der Waals surface area contributed by atoms with E-state index in [4.69, 9.17) is 0 Å². The molecule has 0 saturated carbocycles. The molecule has 0 aromatic heterocycles. The van der Waals surface area contributed by atoms with Crippen molar-refractivity contribution in [3.05, 3.63) is 62.5 Å². The normalized spacial score (nSPS) is 17.2. The first-order chi connectivity index (χ1) is 9.15. The average molecular weight is 381 g/mol. The highest BCUT2D eigenvalue weighted by Crippen LogP contribution is 2.41. The second-order valence-electron chi connectivity index (χ2n) is 4.58. The molecule has 2 aromatic rings. The summed E-state index contributed by atoms with van der Waals surface area (Å²) in [5.74, 6) is -0.0520. The van der Waals surface area contributed by atoms with Gasteiger partial charge in [-0.1, -0.05) is 46.3 Å². The van der Waals surface area contributed by atoms with Crippen LogP contribution < -0.4 is 5.32 Å². The Kier molecular flexibility index (Phi) is 3.46. The highest BCUT2D eigenvalue weighted by Gasteiger charge is 2.32. The minimum Gasteiger partial charge on any atom is -0.324 e. The monoisotopic (exact) mass is 379 g/mol. The zero-order chi connectivity index (χ0) is 13.4. The Morgan fingerprint density at radius 2 is 1.84 bits per heavy atom. The van der Waals surface area contributed by atoms with E-state index in [1.807, 2.05) is 30.3 Å². The Bertz CT molecular complexity index is 640. The fourth-order valence-electron chi connectivity index (χ4n) is 2.40. The van der Waals surface area contributed by atoms with Crippen LogP contribution in [0.3, 0.4) is 0 Å². The molecule has 2 aromatic carbocycles. The molecular formula is C15H11Br2NO. The van der Waals surface area contributed by atoms with E-state index in [1.165, 1.54) is 5.56 Å². The lowest BCUT2D eigenvalue weighted by Crippen LogP contribution is -2.14. The molecule has 2 nitrogen and oxygen atoms in total. The highest BCUT2D eigenvalue weighted by molar-refractivity contribution is 9.11. The zero-order valence-electron chi connectivity index (χ0n) is 9.99. The molecule has 0 aliphatic carbocycles. The minimum atomic E-state index is -0.119. The molecule has 0 saturated heterocycles. The predicted molar refractivity (Wildman–Crippen MR) is 83.4 cm³/mol. The summed E-state index contributed by atoms with van der Waals surface area (Å²) in [7, 11) is 0. The van der Waals surface area contributed by atoms with Crippen molar-refractivity contribution in [3.63, 3.8) is 0 Å². The molecule has 0 bridgehead atoms. The van der Waals surface area contributed by atoms with Gasteiger partial charge in [0.25, 0.3) is 0 Å². The fourth-order valence-corrected chi connectivity index (χ4v) is 3.76. The number of hydrogen-bond donors (Lipinski definition) is 1. The third-order valence-corrected chi connectivity index (χ3v) is 4.39. The standard InChI is InChI=1S/C15H11Br2NO/c16-10-7-11-12(6-9-4-2-1-3-5-9)15(19)18-14(11)13(17)8-10/h1-5,7-8,12H,6H2,(H,18,19)/t12-/m1/s1. The van der Waals surface area contributed by atoms with Gasteiger partial charge >= 0.3 is 0 Å². The Labute approximate surface area is 128 Å². The largest absolute Gasteiger partial charge is 0.324 e. The molecule has 4 heteroatoms. The van der Waals surface area contributed by atoms with E-state index in [2.05, 4.69) is 49.3 Å². The number of carbonyl (C=O) groups excluding carboxylic acids is 1. The molecule has 1 heterocycles. The predicted octanol–water partition coefficient (Wildman–Crippen LogP) is 4.49. The maximum Gasteiger partial charge on any atom is 0.232 e. The van der Waals surface area contributed by atoms with E-state index in [-0.39, 0.29) is 11.8 Å². The smallest absolute Gasteiger partial charge is 0.232 e. The van der Waals surface area contributed by atoms with Crippen molar-refractivity contribution >= 4 is 43.5 Å². The van der Waals surface area contributed by atoms with Gasteiger partial charge in [0.1, 0.15) is 0 Å². The number of halogens is 2. The second-order valence-corrected chi connectivity index (χ2v) is 6.35. The number of nitrogens with one attached hydrogen (secondary N) is 1. The maximum absolute atomic E-state index is 12.2. The van der Waals surface area contributed by atoms with Gasteiger partial charge in [-0.3, -0.25) is 4.79 Å². The number of hydrogen-bond acceptors (Lipinski definition) is 1. The summed E-state index contributed by atoms with van der Waals surface area (Å²) in [5, 5.41) is 2.96. The average Bonchev–Trinajstić information content (AvgIpc) is 2.69. The Morgan fingerprint density at radius 3 is 2.58 bits per heavy atom. The molecule has 1 atom stereocenters. The van der Waals surface area contributed by atoms with E-state index in [1.54, 1.807) is 0 Å². The fraction of sp³-hybridized carbons (Fsp3) is 0.133. The molecule has 1 amide bonds. The van der Waals surface area contributed by atoms with Crippen LogP contribution in [0.25, 0.3) is 0 Å². The SMILES string of the molecule is O=C1Nc2c(Br)cc(Br)cc2[C@H]1Cc1ccccc1. The van der Waals surface area contributed by atoms with Gasteiger partial charge in [-0.15, -0.1) is 0 Å². The summed E-state index contributed by atoms with van der Waals surface area (Å²) >= 11 is 6.97. The number of amides is 1. The van der Waals surface area contributed by atoms with E-state index < -0.39 is 0 Å². The van der Waals surface area contributed by atoms with E-state index in [9.17, 15) is 4.79 Å². The van der Waals surface area contributed by atoms with Crippen molar-refractivity contribution in [3.8, 4) is 0 Å². The molecule has 1 N–H and O–H groups in total. The Morgan fingerprint density at radius 1 is 1.11 bits per heavy atom. The van der Waals surface area contributed by atoms with Gasteiger partial charge in [-0.25, -0.2) is 0 Å². The van der Waals surface area contributed by atoms with Crippen molar-refractivity contribution in [2.24, 2.45) is 0 Å². The van der Waals surface area contributed by atoms with Gasteiger partial charge in [-0.05, 0) is 45.6 Å². The van der Waals surface area contributed by atoms with Crippen LogP contribution in [0, 0.1) is 0 Å². The molecule has 3 rings (SSSR count). The van der Waals surface area contributed by atoms with Gasteiger partial charge in [-0.2, -0.15) is 0 Å². The lowest BCUT2D eigenvalue weighted by Gasteiger charge is -2.09. The van der Waals surface area contributed by atoms with Crippen molar-refractivity contribution in [2.75, 3.05) is 5.32 Å². The molecular weight excluding hydrogens is 370 g/mol. The molecule has 19 heavy (non-hydrogen) atoms. The number of carbonyl (C=O) groups is 1. The number of benzene rings is 2. The van der Waals surface area contributed by atoms with Gasteiger partial charge in [0, 0.05) is 8.95 Å². The van der Waals surface area contributed by atoms with Crippen LogP contribution in [0.4, 0.5) is 5.69 Å². The van der Waals surface area contributed by atoms with E-state index >= 15 is 0 Å². The summed E-state index contributed by atoms with van der Waals surface area (Å²) in [5.41, 5.74) is 3.12. The van der Waals surface area contributed by atoms with Crippen molar-refractivity contribution in [1.29, 1.82) is 0 Å². The number of rotatable bonds is 2. The van der Waals surface area contributed by atoms with Crippen LogP contribution in [-0.4, -0.2) is 5.91 Å². The quantitative estimate of drug-likeness (QED) is 0.816. The van der Waals surface area contributed by atoms with Gasteiger partial charge in [0.2, 0.25) is 5.91 Å². The Balaban J connectivity index is 1.99. The lowest BCUT2D eigenvalue weighted by atomic mass is 9.93. The number of anilines is 1. The first-order valence-electron chi connectivity index (χ1n) is 5.99. The van der Waals surface area contributed by atoms with Crippen LogP contribution in [0.15, 0.2) is 51.4 Å². The third-order valence-electron chi connectivity index (χ3n) is 3.31. The van der Waals surface area contributed by atoms with Gasteiger partial charge in [0.05, 0.1) is 11.6 Å². The Hall–Kier alpha value is -1.13. The van der Waals surface area contributed by atoms with Gasteiger partial charge < -0.3 is 5.32 Å².